The van der Waals surface area contributed by atoms with Crippen LogP contribution in [0.1, 0.15) is 45.9 Å². The number of ether oxygens (including phenoxy) is 2. The third-order valence-corrected chi connectivity index (χ3v) is 9.71. The van der Waals surface area contributed by atoms with Crippen LogP contribution in [0.15, 0.2) is 65.8 Å². The molecule has 1 aliphatic rings. The minimum Gasteiger partial charge on any atom is -0.383 e. The van der Waals surface area contributed by atoms with E-state index < -0.39 is 0 Å². The van der Waals surface area contributed by atoms with Gasteiger partial charge in [-0.15, -0.1) is 23.1 Å². The van der Waals surface area contributed by atoms with E-state index in [-0.39, 0.29) is 11.5 Å². The van der Waals surface area contributed by atoms with Crippen molar-refractivity contribution in [1.29, 1.82) is 0 Å². The Morgan fingerprint density at radius 1 is 0.971 bits per heavy atom. The number of nitrogen functional groups attached to an aromatic ring is 1. The molecule has 0 aliphatic carbocycles. The Labute approximate surface area is 218 Å². The maximum absolute atomic E-state index is 6.59. The molecular formula is C27H29N3O2S3. The van der Waals surface area contributed by atoms with Gasteiger partial charge in [0.2, 0.25) is 0 Å². The van der Waals surface area contributed by atoms with Gasteiger partial charge < -0.3 is 15.2 Å². The predicted molar refractivity (Wildman–Crippen MR) is 148 cm³/mol. The summed E-state index contributed by atoms with van der Waals surface area (Å²) in [7, 11) is 0. The summed E-state index contributed by atoms with van der Waals surface area (Å²) in [5.74, 6) is 1.18. The molecule has 0 amide bonds. The van der Waals surface area contributed by atoms with Crippen LogP contribution in [-0.4, -0.2) is 35.2 Å². The van der Waals surface area contributed by atoms with E-state index in [4.69, 9.17) is 20.2 Å². The van der Waals surface area contributed by atoms with Gasteiger partial charge >= 0.3 is 0 Å². The molecule has 2 atom stereocenters. The third kappa shape index (κ3) is 5.37. The lowest BCUT2D eigenvalue weighted by atomic mass is 9.98. The van der Waals surface area contributed by atoms with Crippen LogP contribution in [0.4, 0.5) is 5.82 Å². The highest BCUT2D eigenvalue weighted by atomic mass is 32.2. The van der Waals surface area contributed by atoms with E-state index in [0.717, 1.165) is 16.6 Å². The van der Waals surface area contributed by atoms with Crippen molar-refractivity contribution in [3.63, 3.8) is 0 Å². The molecular weight excluding hydrogens is 495 g/mol. The second kappa shape index (κ2) is 11.3. The van der Waals surface area contributed by atoms with Gasteiger partial charge in [-0.25, -0.2) is 9.97 Å². The van der Waals surface area contributed by atoms with E-state index in [1.807, 2.05) is 25.6 Å². The summed E-state index contributed by atoms with van der Waals surface area (Å²) < 4.78 is 11.3. The van der Waals surface area contributed by atoms with Crippen LogP contribution in [0.5, 0.6) is 0 Å². The molecule has 2 aromatic carbocycles. The molecule has 5 rings (SSSR count). The van der Waals surface area contributed by atoms with E-state index in [1.54, 1.807) is 11.3 Å². The number of benzene rings is 2. The first kappa shape index (κ1) is 24.6. The SMILES string of the molecule is CCOC(CSc1nc(N)c2c3c(sc2n1)C(c1ccccc1)SC(c1ccccc1)C3)OCC. The topological polar surface area (TPSA) is 70.3 Å². The lowest BCUT2D eigenvalue weighted by Crippen LogP contribution is -2.20. The van der Waals surface area contributed by atoms with Crippen LogP contribution in [0, 0.1) is 0 Å². The van der Waals surface area contributed by atoms with E-state index >= 15 is 0 Å². The Hall–Kier alpha value is -2.10. The van der Waals surface area contributed by atoms with Crippen LogP contribution in [0.3, 0.4) is 0 Å². The van der Waals surface area contributed by atoms with Crippen molar-refractivity contribution in [1.82, 2.24) is 9.97 Å². The Kier molecular flexibility index (Phi) is 7.94. The van der Waals surface area contributed by atoms with Gasteiger partial charge in [0.1, 0.15) is 10.6 Å². The van der Waals surface area contributed by atoms with Gasteiger partial charge in [-0.3, -0.25) is 0 Å². The molecule has 35 heavy (non-hydrogen) atoms. The summed E-state index contributed by atoms with van der Waals surface area (Å²) in [6, 6.07) is 21.5. The van der Waals surface area contributed by atoms with Gasteiger partial charge in [0, 0.05) is 23.3 Å². The number of thiophene rings is 1. The predicted octanol–water partition coefficient (Wildman–Crippen LogP) is 6.88. The molecule has 4 aromatic rings. The molecule has 0 bridgehead atoms. The van der Waals surface area contributed by atoms with Crippen molar-refractivity contribution in [2.24, 2.45) is 0 Å². The Morgan fingerprint density at radius 2 is 1.63 bits per heavy atom. The first-order chi connectivity index (χ1) is 17.2. The maximum atomic E-state index is 6.59. The quantitative estimate of drug-likeness (QED) is 0.146. The highest BCUT2D eigenvalue weighted by Crippen LogP contribution is 2.55. The minimum atomic E-state index is -0.280. The Bertz CT molecular complexity index is 1260. The fraction of sp³-hybridized carbons (Fsp3) is 0.333. The fourth-order valence-corrected chi connectivity index (χ4v) is 8.27. The summed E-state index contributed by atoms with van der Waals surface area (Å²) in [6.07, 6.45) is 0.641. The molecule has 0 spiro atoms. The van der Waals surface area contributed by atoms with Crippen molar-refractivity contribution in [2.45, 2.75) is 42.2 Å². The summed E-state index contributed by atoms with van der Waals surface area (Å²) in [4.78, 5) is 11.9. The van der Waals surface area contributed by atoms with Gasteiger partial charge in [0.15, 0.2) is 11.4 Å². The second-order valence-electron chi connectivity index (χ2n) is 8.20. The molecule has 0 fully saturated rings. The monoisotopic (exact) mass is 523 g/mol. The first-order valence-corrected chi connectivity index (χ1v) is 14.6. The Morgan fingerprint density at radius 3 is 2.29 bits per heavy atom. The molecule has 0 saturated heterocycles. The van der Waals surface area contributed by atoms with Crippen LogP contribution >= 0.6 is 34.9 Å². The average Bonchev–Trinajstić information content (AvgIpc) is 3.27. The number of hydrogen-bond donors (Lipinski definition) is 1. The van der Waals surface area contributed by atoms with E-state index in [1.165, 1.54) is 33.3 Å². The lowest BCUT2D eigenvalue weighted by molar-refractivity contribution is -0.120. The van der Waals surface area contributed by atoms with Crippen LogP contribution in [0.25, 0.3) is 10.2 Å². The number of aromatic nitrogens is 2. The smallest absolute Gasteiger partial charge is 0.191 e. The lowest BCUT2D eigenvalue weighted by Gasteiger charge is -2.30. The average molecular weight is 524 g/mol. The standard InChI is InChI=1S/C27H29N3O2S3/c1-3-31-21(32-4-2)16-33-27-29-25(28)22-19-15-20(17-11-7-5-8-12-17)34-23(18-13-9-6-10-14-18)24(19)35-26(22)30-27/h5-14,20-21,23H,3-4,15-16H2,1-2H3,(H2,28,29,30). The summed E-state index contributed by atoms with van der Waals surface area (Å²) in [5.41, 5.74) is 10.5. The first-order valence-electron chi connectivity index (χ1n) is 11.9. The van der Waals surface area contributed by atoms with Gasteiger partial charge in [-0.05, 0) is 37.0 Å². The molecule has 1 aliphatic heterocycles. The largest absolute Gasteiger partial charge is 0.383 e. The number of anilines is 1. The number of hydrogen-bond acceptors (Lipinski definition) is 8. The number of thioether (sulfide) groups is 2. The zero-order chi connectivity index (χ0) is 24.2. The van der Waals surface area contributed by atoms with Crippen molar-refractivity contribution in [2.75, 3.05) is 24.7 Å². The molecule has 0 saturated carbocycles. The van der Waals surface area contributed by atoms with E-state index in [2.05, 4.69) is 65.6 Å². The Balaban J connectivity index is 1.52. The normalized spacial score (nSPS) is 17.7. The zero-order valence-electron chi connectivity index (χ0n) is 19.8. The van der Waals surface area contributed by atoms with Gasteiger partial charge in [0.05, 0.1) is 16.4 Å². The van der Waals surface area contributed by atoms with E-state index in [0.29, 0.717) is 35.2 Å². The van der Waals surface area contributed by atoms with Gasteiger partial charge in [-0.2, -0.15) is 0 Å². The van der Waals surface area contributed by atoms with Gasteiger partial charge in [-0.1, -0.05) is 72.4 Å². The second-order valence-corrected chi connectivity index (χ2v) is 11.5. The van der Waals surface area contributed by atoms with Crippen LogP contribution in [-0.2, 0) is 15.9 Å². The van der Waals surface area contributed by atoms with Crippen molar-refractivity contribution in [3.05, 3.63) is 82.2 Å². The summed E-state index contributed by atoms with van der Waals surface area (Å²) in [6.45, 7) is 5.15. The molecule has 3 heterocycles. The third-order valence-electron chi connectivity index (χ3n) is 5.94. The van der Waals surface area contributed by atoms with Gasteiger partial charge in [0.25, 0.3) is 0 Å². The van der Waals surface area contributed by atoms with Crippen molar-refractivity contribution in [3.8, 4) is 0 Å². The molecule has 2 unspecified atom stereocenters. The fourth-order valence-electron chi connectivity index (χ4n) is 4.40. The highest BCUT2D eigenvalue weighted by molar-refractivity contribution is 8.00. The molecule has 0 radical (unpaired) electrons. The maximum Gasteiger partial charge on any atom is 0.191 e. The molecule has 2 aromatic heterocycles. The summed E-state index contributed by atoms with van der Waals surface area (Å²) in [5, 5.41) is 2.27. The molecule has 5 nitrogen and oxygen atoms in total. The van der Waals surface area contributed by atoms with Crippen LogP contribution < -0.4 is 5.73 Å². The van der Waals surface area contributed by atoms with E-state index in [9.17, 15) is 0 Å². The highest BCUT2D eigenvalue weighted by Gasteiger charge is 2.34. The number of fused-ring (bicyclic) bond motifs is 3. The molecule has 8 heteroatoms. The van der Waals surface area contributed by atoms with Crippen molar-refractivity contribution < 1.29 is 9.47 Å². The molecule has 2 N–H and O–H groups in total. The van der Waals surface area contributed by atoms with Crippen LogP contribution in [0.2, 0.25) is 0 Å². The molecule has 182 valence electrons. The zero-order valence-corrected chi connectivity index (χ0v) is 22.3. The minimum absolute atomic E-state index is 0.236. The number of nitrogens with zero attached hydrogens (tertiary/aromatic N) is 2. The summed E-state index contributed by atoms with van der Waals surface area (Å²) >= 11 is 5.30. The number of nitrogens with two attached hydrogens (primary N) is 1. The number of rotatable bonds is 9. The van der Waals surface area contributed by atoms with Crippen molar-refractivity contribution >= 4 is 50.9 Å².